The maximum absolute atomic E-state index is 5.40. The summed E-state index contributed by atoms with van der Waals surface area (Å²) in [6, 6.07) is 12.2. The number of hydrogen-bond acceptors (Lipinski definition) is 3. The van der Waals surface area contributed by atoms with E-state index in [1.165, 1.54) is 9.13 Å². The van der Waals surface area contributed by atoms with Crippen LogP contribution in [0, 0.1) is 10.5 Å². The lowest BCUT2D eigenvalue weighted by atomic mass is 10.1. The van der Waals surface area contributed by atoms with Gasteiger partial charge in [-0.3, -0.25) is 0 Å². The summed E-state index contributed by atoms with van der Waals surface area (Å²) in [7, 11) is 3.33. The fourth-order valence-electron chi connectivity index (χ4n) is 1.90. The van der Waals surface area contributed by atoms with Gasteiger partial charge in [-0.15, -0.1) is 0 Å². The molecule has 2 rings (SSSR count). The SMILES string of the molecule is COc1ccc(CNc2ccc(C)c(I)c2)c(OC)c1. The molecule has 0 atom stereocenters. The lowest BCUT2D eigenvalue weighted by Crippen LogP contribution is -2.02. The highest BCUT2D eigenvalue weighted by Crippen LogP contribution is 2.25. The Balaban J connectivity index is 2.12. The van der Waals surface area contributed by atoms with E-state index in [-0.39, 0.29) is 0 Å². The third kappa shape index (κ3) is 3.56. The quantitative estimate of drug-likeness (QED) is 0.784. The molecule has 0 amide bonds. The van der Waals surface area contributed by atoms with Crippen LogP contribution in [0.4, 0.5) is 5.69 Å². The minimum absolute atomic E-state index is 0.715. The zero-order valence-electron chi connectivity index (χ0n) is 11.9. The van der Waals surface area contributed by atoms with Gasteiger partial charge in [0.2, 0.25) is 0 Å². The molecular formula is C16H18INO2. The van der Waals surface area contributed by atoms with E-state index in [1.54, 1.807) is 14.2 Å². The molecule has 2 aromatic rings. The first-order chi connectivity index (χ1) is 9.63. The number of methoxy groups -OCH3 is 2. The van der Waals surface area contributed by atoms with Crippen LogP contribution in [-0.4, -0.2) is 14.2 Å². The molecule has 0 unspecified atom stereocenters. The molecule has 0 heterocycles. The molecule has 106 valence electrons. The van der Waals surface area contributed by atoms with E-state index in [4.69, 9.17) is 9.47 Å². The number of aryl methyl sites for hydroxylation is 1. The van der Waals surface area contributed by atoms with Crippen LogP contribution in [0.25, 0.3) is 0 Å². The summed E-state index contributed by atoms with van der Waals surface area (Å²) >= 11 is 2.35. The summed E-state index contributed by atoms with van der Waals surface area (Å²) in [6.07, 6.45) is 0. The summed E-state index contributed by atoms with van der Waals surface area (Å²) < 4.78 is 11.9. The summed E-state index contributed by atoms with van der Waals surface area (Å²) in [4.78, 5) is 0. The molecule has 0 aliphatic carbocycles. The van der Waals surface area contributed by atoms with Crippen molar-refractivity contribution in [1.29, 1.82) is 0 Å². The van der Waals surface area contributed by atoms with Gasteiger partial charge in [-0.1, -0.05) is 6.07 Å². The van der Waals surface area contributed by atoms with Crippen molar-refractivity contribution < 1.29 is 9.47 Å². The molecule has 0 saturated carbocycles. The highest BCUT2D eigenvalue weighted by Gasteiger charge is 2.05. The van der Waals surface area contributed by atoms with E-state index in [0.717, 1.165) is 22.7 Å². The number of benzene rings is 2. The largest absolute Gasteiger partial charge is 0.497 e. The van der Waals surface area contributed by atoms with Gasteiger partial charge >= 0.3 is 0 Å². The summed E-state index contributed by atoms with van der Waals surface area (Å²) in [6.45, 7) is 2.82. The summed E-state index contributed by atoms with van der Waals surface area (Å²) in [5.41, 5.74) is 3.50. The Morgan fingerprint density at radius 3 is 2.50 bits per heavy atom. The predicted octanol–water partition coefficient (Wildman–Crippen LogP) is 4.23. The maximum Gasteiger partial charge on any atom is 0.127 e. The number of rotatable bonds is 5. The molecule has 1 N–H and O–H groups in total. The second kappa shape index (κ2) is 6.83. The summed E-state index contributed by atoms with van der Waals surface area (Å²) in [5.74, 6) is 1.63. The van der Waals surface area contributed by atoms with Gasteiger partial charge in [0.1, 0.15) is 11.5 Å². The van der Waals surface area contributed by atoms with Crippen molar-refractivity contribution in [2.75, 3.05) is 19.5 Å². The first-order valence-electron chi connectivity index (χ1n) is 6.35. The van der Waals surface area contributed by atoms with E-state index in [1.807, 2.05) is 18.2 Å². The highest BCUT2D eigenvalue weighted by atomic mass is 127. The second-order valence-corrected chi connectivity index (χ2v) is 5.66. The Hall–Kier alpha value is -1.43. The fraction of sp³-hybridized carbons (Fsp3) is 0.250. The van der Waals surface area contributed by atoms with Crippen LogP contribution in [0.15, 0.2) is 36.4 Å². The molecule has 0 saturated heterocycles. The third-order valence-electron chi connectivity index (χ3n) is 3.15. The van der Waals surface area contributed by atoms with Crippen LogP contribution < -0.4 is 14.8 Å². The molecule has 2 aromatic carbocycles. The second-order valence-electron chi connectivity index (χ2n) is 4.50. The molecule has 0 fully saturated rings. The van der Waals surface area contributed by atoms with Crippen LogP contribution >= 0.6 is 22.6 Å². The monoisotopic (exact) mass is 383 g/mol. The molecule has 0 aliphatic heterocycles. The number of halogens is 1. The number of nitrogens with one attached hydrogen (secondary N) is 1. The Morgan fingerprint density at radius 2 is 1.85 bits per heavy atom. The predicted molar refractivity (Wildman–Crippen MR) is 90.8 cm³/mol. The van der Waals surface area contributed by atoms with Gasteiger partial charge in [0, 0.05) is 27.4 Å². The Kier molecular flexibility index (Phi) is 5.11. The van der Waals surface area contributed by atoms with Crippen molar-refractivity contribution in [3.05, 3.63) is 51.1 Å². The fourth-order valence-corrected chi connectivity index (χ4v) is 2.41. The van der Waals surface area contributed by atoms with E-state index in [9.17, 15) is 0 Å². The minimum Gasteiger partial charge on any atom is -0.497 e. The van der Waals surface area contributed by atoms with Crippen LogP contribution in [-0.2, 0) is 6.54 Å². The molecule has 0 aromatic heterocycles. The van der Waals surface area contributed by atoms with Crippen molar-refractivity contribution in [2.45, 2.75) is 13.5 Å². The zero-order valence-corrected chi connectivity index (χ0v) is 14.0. The van der Waals surface area contributed by atoms with Crippen LogP contribution in [0.3, 0.4) is 0 Å². The van der Waals surface area contributed by atoms with Gasteiger partial charge in [-0.2, -0.15) is 0 Å². The van der Waals surface area contributed by atoms with Gasteiger partial charge in [-0.25, -0.2) is 0 Å². The van der Waals surface area contributed by atoms with Crippen molar-refractivity contribution in [3.8, 4) is 11.5 Å². The Bertz CT molecular complexity index is 599. The normalized spacial score (nSPS) is 10.2. The average Bonchev–Trinajstić information content (AvgIpc) is 2.48. The minimum atomic E-state index is 0.715. The number of ether oxygens (including phenoxy) is 2. The molecule has 0 spiro atoms. The van der Waals surface area contributed by atoms with E-state index in [2.05, 4.69) is 53.0 Å². The standard InChI is InChI=1S/C16H18INO2/c1-11-4-6-13(8-15(11)17)18-10-12-5-7-14(19-2)9-16(12)20-3/h4-9,18H,10H2,1-3H3. The van der Waals surface area contributed by atoms with Gasteiger partial charge < -0.3 is 14.8 Å². The molecule has 3 nitrogen and oxygen atoms in total. The molecule has 20 heavy (non-hydrogen) atoms. The van der Waals surface area contributed by atoms with Crippen LogP contribution in [0.5, 0.6) is 11.5 Å². The smallest absolute Gasteiger partial charge is 0.127 e. The Labute approximate surface area is 133 Å². The van der Waals surface area contributed by atoms with E-state index in [0.29, 0.717) is 6.54 Å². The number of anilines is 1. The van der Waals surface area contributed by atoms with Crippen molar-refractivity contribution in [3.63, 3.8) is 0 Å². The molecule has 0 radical (unpaired) electrons. The van der Waals surface area contributed by atoms with E-state index < -0.39 is 0 Å². The maximum atomic E-state index is 5.40. The van der Waals surface area contributed by atoms with Gasteiger partial charge in [0.15, 0.2) is 0 Å². The van der Waals surface area contributed by atoms with Crippen LogP contribution in [0.1, 0.15) is 11.1 Å². The molecule has 0 aliphatic rings. The summed E-state index contributed by atoms with van der Waals surface area (Å²) in [5, 5.41) is 3.42. The third-order valence-corrected chi connectivity index (χ3v) is 4.31. The van der Waals surface area contributed by atoms with Gasteiger partial charge in [0.25, 0.3) is 0 Å². The first-order valence-corrected chi connectivity index (χ1v) is 7.43. The number of hydrogen-bond donors (Lipinski definition) is 1. The highest BCUT2D eigenvalue weighted by molar-refractivity contribution is 14.1. The topological polar surface area (TPSA) is 30.5 Å². The lowest BCUT2D eigenvalue weighted by Gasteiger charge is -2.12. The van der Waals surface area contributed by atoms with E-state index >= 15 is 0 Å². The first kappa shape index (κ1) is 15.0. The molecule has 0 bridgehead atoms. The molecular weight excluding hydrogens is 365 g/mol. The zero-order chi connectivity index (χ0) is 14.5. The van der Waals surface area contributed by atoms with Crippen molar-refractivity contribution in [1.82, 2.24) is 0 Å². The van der Waals surface area contributed by atoms with Crippen molar-refractivity contribution >= 4 is 28.3 Å². The van der Waals surface area contributed by atoms with Gasteiger partial charge in [0.05, 0.1) is 14.2 Å². The lowest BCUT2D eigenvalue weighted by molar-refractivity contribution is 0.391. The average molecular weight is 383 g/mol. The van der Waals surface area contributed by atoms with Crippen molar-refractivity contribution in [2.24, 2.45) is 0 Å². The van der Waals surface area contributed by atoms with Gasteiger partial charge in [-0.05, 0) is 59.3 Å². The molecule has 4 heteroatoms. The van der Waals surface area contributed by atoms with Crippen LogP contribution in [0.2, 0.25) is 0 Å². The Morgan fingerprint density at radius 1 is 1.05 bits per heavy atom.